The fraction of sp³-hybridized carbons (Fsp3) is 0.385. The van der Waals surface area contributed by atoms with Gasteiger partial charge in [-0.2, -0.15) is 0 Å². The fourth-order valence-electron chi connectivity index (χ4n) is 5.65. The van der Waals surface area contributed by atoms with Gasteiger partial charge in [-0.15, -0.1) is 23.2 Å². The number of halogens is 2. The van der Waals surface area contributed by atoms with Crippen molar-refractivity contribution in [1.82, 2.24) is 0 Å². The molecule has 0 nitrogen and oxygen atoms in total. The minimum Gasteiger partial charge on any atom is -0.114 e. The number of fused-ring (bicyclic) bond motifs is 2. The Hall–Kier alpha value is 0.0338. The Morgan fingerprint density at radius 1 is 0.625 bits per heavy atom. The van der Waals surface area contributed by atoms with E-state index < -0.39 is 25.1 Å². The van der Waals surface area contributed by atoms with Crippen molar-refractivity contribution in [2.75, 3.05) is 0 Å². The average Bonchev–Trinajstić information content (AvgIpc) is 3.01. The summed E-state index contributed by atoms with van der Waals surface area (Å²) in [4.78, 5) is 0. The minimum absolute atomic E-state index is 0. The summed E-state index contributed by atoms with van der Waals surface area (Å²) in [5, 5.41) is 3.01. The number of allylic oxidation sites excluding steroid dienone is 2. The van der Waals surface area contributed by atoms with E-state index in [1.54, 1.807) is 0 Å². The summed E-state index contributed by atoms with van der Waals surface area (Å²) in [7, 11) is -2.85. The first-order valence-corrected chi connectivity index (χ1v) is 19.8. The maximum Gasteiger partial charge on any atom is 0.118 e. The Kier molecular flexibility index (Phi) is 7.16. The number of hydrogen-bond donors (Lipinski definition) is 0. The number of alkyl halides is 2. The normalized spacial score (nSPS) is 25.1. The molecule has 0 aliphatic heterocycles. The van der Waals surface area contributed by atoms with Crippen molar-refractivity contribution in [3.63, 3.8) is 0 Å². The predicted octanol–water partition coefficient (Wildman–Crippen LogP) is 8.20. The molecule has 2 radical (unpaired) electrons. The first-order chi connectivity index (χ1) is 14.2. The van der Waals surface area contributed by atoms with Gasteiger partial charge in [-0.25, -0.2) is 0 Å². The second-order valence-corrected chi connectivity index (χ2v) is 24.6. The van der Waals surface area contributed by atoms with Crippen molar-refractivity contribution >= 4 is 59.3 Å². The van der Waals surface area contributed by atoms with Crippen molar-refractivity contribution in [3.8, 4) is 0 Å². The van der Waals surface area contributed by atoms with Crippen molar-refractivity contribution in [1.29, 1.82) is 0 Å². The molecule has 2 aliphatic carbocycles. The molecule has 0 N–H and O–H groups in total. The molecule has 0 bridgehead atoms. The van der Waals surface area contributed by atoms with Gasteiger partial charge in [0.15, 0.2) is 0 Å². The molecule has 0 saturated carbocycles. The van der Waals surface area contributed by atoms with Crippen LogP contribution in [0.2, 0.25) is 39.3 Å². The van der Waals surface area contributed by atoms with Crippen LogP contribution in [0.5, 0.6) is 0 Å². The molecule has 0 spiro atoms. The van der Waals surface area contributed by atoms with Crippen LogP contribution < -0.4 is 0 Å². The van der Waals surface area contributed by atoms with Gasteiger partial charge in [-0.3, -0.25) is 0 Å². The quantitative estimate of drug-likeness (QED) is 0.249. The zero-order chi connectivity index (χ0) is 23.0. The summed E-state index contributed by atoms with van der Waals surface area (Å²) in [5.41, 5.74) is 7.83. The summed E-state index contributed by atoms with van der Waals surface area (Å²) in [6, 6.07) is 17.5. The second kappa shape index (κ2) is 8.61. The molecule has 4 rings (SSSR count). The van der Waals surface area contributed by atoms with Crippen LogP contribution in [-0.4, -0.2) is 25.7 Å². The first-order valence-electron chi connectivity index (χ1n) is 11.0. The van der Waals surface area contributed by atoms with Crippen molar-refractivity contribution < 1.29 is 26.2 Å². The molecule has 2 atom stereocenters. The topological polar surface area (TPSA) is 0 Å². The summed E-state index contributed by atoms with van der Waals surface area (Å²) in [6.07, 6.45) is 0. The summed E-state index contributed by atoms with van der Waals surface area (Å²) >= 11 is 15.4. The van der Waals surface area contributed by atoms with Crippen molar-refractivity contribution in [3.05, 3.63) is 81.9 Å². The number of hydrogen-bond acceptors (Lipinski definition) is 0. The van der Waals surface area contributed by atoms with Gasteiger partial charge in [0.05, 0.1) is 25.1 Å². The predicted molar refractivity (Wildman–Crippen MR) is 146 cm³/mol. The maximum atomic E-state index is 7.70. The van der Waals surface area contributed by atoms with Crippen LogP contribution in [0, 0.1) is 0 Å². The van der Waals surface area contributed by atoms with Crippen LogP contribution in [-0.2, 0) is 35.2 Å². The monoisotopic (exact) mass is 588 g/mol. The number of rotatable bonds is 4. The third-order valence-electron chi connectivity index (χ3n) is 6.76. The standard InChI is InChI=1S/C26H32Cl2Si3.Zr/c1-17-23(30(3,4)5)19-13-9-11-15-21(19)25(17,27)29-26(28)18(2)24(31(6,7)8)20-14-10-12-16-22(20)26;/h9-16H,1-8H3;. The van der Waals surface area contributed by atoms with E-state index in [0.29, 0.717) is 9.52 Å². The minimum atomic E-state index is -1.59. The Balaban J connectivity index is 0.00000289. The van der Waals surface area contributed by atoms with E-state index in [-0.39, 0.29) is 26.2 Å². The van der Waals surface area contributed by atoms with Crippen LogP contribution in [0.4, 0.5) is 0 Å². The SMILES string of the molecule is CC1=C([Si](C)(C)C)c2ccccc2C1(Cl)[Si]C1(Cl)C(C)=C([Si](C)(C)C)c2ccccc21.[Zr]. The Bertz CT molecular complexity index is 1050. The van der Waals surface area contributed by atoms with E-state index in [2.05, 4.69) is 102 Å². The summed E-state index contributed by atoms with van der Waals surface area (Å²) in [6.45, 7) is 19.0. The molecule has 0 amide bonds. The third-order valence-corrected chi connectivity index (χ3v) is 14.6. The molecule has 0 heterocycles. The molecule has 0 saturated heterocycles. The molecule has 166 valence electrons. The van der Waals surface area contributed by atoms with Crippen LogP contribution in [0.25, 0.3) is 10.4 Å². The molecule has 6 heteroatoms. The molecular formula is C26H32Cl2Si3Zr. The van der Waals surface area contributed by atoms with Crippen LogP contribution in [0.3, 0.4) is 0 Å². The fourth-order valence-corrected chi connectivity index (χ4v) is 14.1. The Morgan fingerprint density at radius 3 is 1.25 bits per heavy atom. The molecular weight excluding hydrogens is 559 g/mol. The second-order valence-electron chi connectivity index (χ2n) is 11.0. The smallest absolute Gasteiger partial charge is 0.114 e. The van der Waals surface area contributed by atoms with Crippen LogP contribution in [0.15, 0.2) is 59.7 Å². The van der Waals surface area contributed by atoms with Crippen LogP contribution in [0.1, 0.15) is 36.1 Å². The molecule has 2 aromatic carbocycles. The largest absolute Gasteiger partial charge is 0.118 e. The Labute approximate surface area is 227 Å². The third kappa shape index (κ3) is 3.95. The van der Waals surface area contributed by atoms with Gasteiger partial charge in [0.25, 0.3) is 0 Å². The van der Waals surface area contributed by atoms with Gasteiger partial charge in [0.2, 0.25) is 0 Å². The van der Waals surface area contributed by atoms with E-state index in [9.17, 15) is 0 Å². The van der Waals surface area contributed by atoms with E-state index in [1.807, 2.05) is 0 Å². The van der Waals surface area contributed by atoms with Crippen LogP contribution >= 0.6 is 23.2 Å². The van der Waals surface area contributed by atoms with E-state index >= 15 is 0 Å². The van der Waals surface area contributed by atoms with E-state index in [4.69, 9.17) is 23.2 Å². The molecule has 2 unspecified atom stereocenters. The van der Waals surface area contributed by atoms with Gasteiger partial charge in [0.1, 0.15) is 9.52 Å². The van der Waals surface area contributed by atoms with Gasteiger partial charge in [0, 0.05) is 26.2 Å². The summed E-state index contributed by atoms with van der Waals surface area (Å²) < 4.78 is -1.12. The van der Waals surface area contributed by atoms with E-state index in [0.717, 1.165) is 0 Å². The van der Waals surface area contributed by atoms with Gasteiger partial charge in [-0.05, 0) is 36.1 Å². The number of benzene rings is 2. The average molecular weight is 591 g/mol. The molecule has 0 fully saturated rings. The van der Waals surface area contributed by atoms with Gasteiger partial charge < -0.3 is 0 Å². The van der Waals surface area contributed by atoms with Crippen molar-refractivity contribution in [2.24, 2.45) is 0 Å². The zero-order valence-electron chi connectivity index (χ0n) is 20.4. The summed E-state index contributed by atoms with van der Waals surface area (Å²) in [5.74, 6) is 0. The van der Waals surface area contributed by atoms with Gasteiger partial charge >= 0.3 is 0 Å². The first kappa shape index (κ1) is 26.6. The van der Waals surface area contributed by atoms with Gasteiger partial charge in [-0.1, -0.05) is 109 Å². The molecule has 32 heavy (non-hydrogen) atoms. The van der Waals surface area contributed by atoms with Crippen molar-refractivity contribution in [2.45, 2.75) is 62.1 Å². The molecule has 2 aromatic rings. The maximum absolute atomic E-state index is 7.70. The van der Waals surface area contributed by atoms with E-state index in [1.165, 1.54) is 43.8 Å². The molecule has 0 aromatic heterocycles. The molecule has 2 aliphatic rings. The Morgan fingerprint density at radius 2 is 0.938 bits per heavy atom. The zero-order valence-corrected chi connectivity index (χ0v) is 27.3.